The molecule has 0 bridgehead atoms. The highest BCUT2D eigenvalue weighted by molar-refractivity contribution is 5.91. The molecule has 1 aliphatic heterocycles. The van der Waals surface area contributed by atoms with Gasteiger partial charge in [0.25, 0.3) is 11.7 Å². The molecule has 7 heteroatoms. The number of piperazine rings is 1. The molecule has 0 aromatic carbocycles. The summed E-state index contributed by atoms with van der Waals surface area (Å²) >= 11 is 0. The van der Waals surface area contributed by atoms with Crippen LogP contribution in [-0.4, -0.2) is 56.1 Å². The molecule has 0 aliphatic carbocycles. The van der Waals surface area contributed by atoms with Gasteiger partial charge in [0.05, 0.1) is 0 Å². The van der Waals surface area contributed by atoms with Gasteiger partial charge in [0, 0.05) is 37.1 Å². The van der Waals surface area contributed by atoms with E-state index in [-0.39, 0.29) is 11.7 Å². The van der Waals surface area contributed by atoms with E-state index in [0.29, 0.717) is 24.9 Å². The van der Waals surface area contributed by atoms with Gasteiger partial charge in [0.1, 0.15) is 0 Å². The predicted octanol–water partition coefficient (Wildman–Crippen LogP) is 0.175. The lowest BCUT2D eigenvalue weighted by Gasteiger charge is -2.30. The average Bonchev–Trinajstić information content (AvgIpc) is 2.82. The Kier molecular flexibility index (Phi) is 3.13. The second kappa shape index (κ2) is 4.82. The summed E-state index contributed by atoms with van der Waals surface area (Å²) in [6.45, 7) is 8.06. The van der Waals surface area contributed by atoms with E-state index in [0.717, 1.165) is 17.9 Å². The Balaban J connectivity index is 1.93. The van der Waals surface area contributed by atoms with Gasteiger partial charge in [-0.3, -0.25) is 4.79 Å². The molecule has 1 saturated heterocycles. The molecule has 3 heterocycles. The summed E-state index contributed by atoms with van der Waals surface area (Å²) < 4.78 is 1.62. The molecule has 0 spiro atoms. The van der Waals surface area contributed by atoms with Crippen molar-refractivity contribution in [2.24, 2.45) is 0 Å². The van der Waals surface area contributed by atoms with Gasteiger partial charge in [-0.15, -0.1) is 5.10 Å². The smallest absolute Gasteiger partial charge is 0.293 e. The zero-order valence-corrected chi connectivity index (χ0v) is 11.9. The maximum Gasteiger partial charge on any atom is 0.293 e. The highest BCUT2D eigenvalue weighted by Gasteiger charge is 2.25. The Hall–Kier alpha value is -2.02. The fraction of sp³-hybridized carbons (Fsp3) is 0.538. The van der Waals surface area contributed by atoms with Gasteiger partial charge >= 0.3 is 0 Å². The van der Waals surface area contributed by atoms with E-state index in [1.165, 1.54) is 0 Å². The van der Waals surface area contributed by atoms with Crippen molar-refractivity contribution in [2.45, 2.75) is 26.8 Å². The largest absolute Gasteiger partial charge is 0.333 e. The first kappa shape index (κ1) is 13.0. The van der Waals surface area contributed by atoms with Crippen molar-refractivity contribution in [3.8, 4) is 0 Å². The van der Waals surface area contributed by atoms with Gasteiger partial charge in [-0.1, -0.05) is 0 Å². The summed E-state index contributed by atoms with van der Waals surface area (Å²) in [5, 5.41) is 7.59. The van der Waals surface area contributed by atoms with Crippen LogP contribution in [0.2, 0.25) is 0 Å². The van der Waals surface area contributed by atoms with Crippen molar-refractivity contribution in [3.05, 3.63) is 23.3 Å². The predicted molar refractivity (Wildman–Crippen MR) is 73.6 cm³/mol. The van der Waals surface area contributed by atoms with Gasteiger partial charge in [-0.2, -0.15) is 4.98 Å². The third kappa shape index (κ3) is 2.24. The summed E-state index contributed by atoms with van der Waals surface area (Å²) in [4.78, 5) is 22.8. The first-order valence-electron chi connectivity index (χ1n) is 6.78. The number of carbonyl (C=O) groups is 1. The van der Waals surface area contributed by atoms with Crippen LogP contribution in [0.3, 0.4) is 0 Å². The van der Waals surface area contributed by atoms with Crippen LogP contribution in [0.4, 0.5) is 0 Å². The number of rotatable bonds is 1. The summed E-state index contributed by atoms with van der Waals surface area (Å²) in [5.74, 6) is 0.579. The molecule has 1 amide bonds. The van der Waals surface area contributed by atoms with Crippen molar-refractivity contribution >= 4 is 11.7 Å². The molecule has 7 nitrogen and oxygen atoms in total. The molecule has 1 unspecified atom stereocenters. The monoisotopic (exact) mass is 274 g/mol. The van der Waals surface area contributed by atoms with Crippen LogP contribution < -0.4 is 5.32 Å². The van der Waals surface area contributed by atoms with E-state index in [2.05, 4.69) is 27.3 Å². The number of carbonyl (C=O) groups excluding carboxylic acids is 1. The Morgan fingerprint density at radius 2 is 2.20 bits per heavy atom. The molecular weight excluding hydrogens is 256 g/mol. The van der Waals surface area contributed by atoms with Crippen LogP contribution in [0.5, 0.6) is 0 Å². The topological polar surface area (TPSA) is 75.4 Å². The molecule has 3 rings (SSSR count). The van der Waals surface area contributed by atoms with Crippen molar-refractivity contribution in [1.82, 2.24) is 29.8 Å². The molecular formula is C13H18N6O. The second-order valence-corrected chi connectivity index (χ2v) is 5.29. The standard InChI is InChI=1S/C13H18N6O/c1-8-6-10(3)19-13(15-8)16-11(17-19)12(20)18-5-4-14-9(2)7-18/h6,9,14H,4-5,7H2,1-3H3. The molecule has 106 valence electrons. The van der Waals surface area contributed by atoms with E-state index in [1.54, 1.807) is 9.42 Å². The van der Waals surface area contributed by atoms with Gasteiger partial charge in [-0.25, -0.2) is 9.50 Å². The highest BCUT2D eigenvalue weighted by atomic mass is 16.2. The fourth-order valence-corrected chi connectivity index (χ4v) is 2.52. The third-order valence-electron chi connectivity index (χ3n) is 3.47. The summed E-state index contributed by atoms with van der Waals surface area (Å²) in [5.41, 5.74) is 1.80. The lowest BCUT2D eigenvalue weighted by atomic mass is 10.2. The normalized spacial score (nSPS) is 19.6. The van der Waals surface area contributed by atoms with E-state index >= 15 is 0 Å². The fourth-order valence-electron chi connectivity index (χ4n) is 2.52. The van der Waals surface area contributed by atoms with Crippen LogP contribution >= 0.6 is 0 Å². The number of hydrogen-bond acceptors (Lipinski definition) is 5. The van der Waals surface area contributed by atoms with Crippen LogP contribution in [-0.2, 0) is 0 Å². The average molecular weight is 274 g/mol. The maximum absolute atomic E-state index is 12.4. The first-order chi connectivity index (χ1) is 9.54. The second-order valence-electron chi connectivity index (χ2n) is 5.29. The SMILES string of the molecule is Cc1cc(C)n2nc(C(=O)N3CCNC(C)C3)nc2n1. The number of nitrogens with zero attached hydrogens (tertiary/aromatic N) is 5. The molecule has 2 aromatic heterocycles. The third-order valence-corrected chi connectivity index (χ3v) is 3.47. The van der Waals surface area contributed by atoms with Crippen LogP contribution in [0.15, 0.2) is 6.07 Å². The van der Waals surface area contributed by atoms with Crippen molar-refractivity contribution < 1.29 is 4.79 Å². The van der Waals surface area contributed by atoms with E-state index in [4.69, 9.17) is 0 Å². The van der Waals surface area contributed by atoms with E-state index < -0.39 is 0 Å². The maximum atomic E-state index is 12.4. The first-order valence-corrected chi connectivity index (χ1v) is 6.78. The zero-order chi connectivity index (χ0) is 14.3. The Morgan fingerprint density at radius 3 is 2.95 bits per heavy atom. The molecule has 2 aromatic rings. The van der Waals surface area contributed by atoms with Gasteiger partial charge in [-0.05, 0) is 26.8 Å². The van der Waals surface area contributed by atoms with E-state index in [9.17, 15) is 4.79 Å². The van der Waals surface area contributed by atoms with Gasteiger partial charge in [0.2, 0.25) is 5.82 Å². The number of fused-ring (bicyclic) bond motifs is 1. The number of aryl methyl sites for hydroxylation is 2. The number of amides is 1. The molecule has 0 saturated carbocycles. The molecule has 1 N–H and O–H groups in total. The summed E-state index contributed by atoms with van der Waals surface area (Å²) in [7, 11) is 0. The summed E-state index contributed by atoms with van der Waals surface area (Å²) in [6, 6.07) is 2.22. The molecule has 0 radical (unpaired) electrons. The van der Waals surface area contributed by atoms with Crippen LogP contribution in [0.25, 0.3) is 5.78 Å². The van der Waals surface area contributed by atoms with Crippen LogP contribution in [0.1, 0.15) is 28.9 Å². The van der Waals surface area contributed by atoms with E-state index in [1.807, 2.05) is 19.9 Å². The Morgan fingerprint density at radius 1 is 1.40 bits per heavy atom. The minimum Gasteiger partial charge on any atom is -0.333 e. The highest BCUT2D eigenvalue weighted by Crippen LogP contribution is 2.08. The minimum absolute atomic E-state index is 0.124. The zero-order valence-electron chi connectivity index (χ0n) is 11.9. The van der Waals surface area contributed by atoms with Gasteiger partial charge in [0.15, 0.2) is 0 Å². The number of nitrogens with one attached hydrogen (secondary N) is 1. The van der Waals surface area contributed by atoms with Crippen LogP contribution in [0, 0.1) is 13.8 Å². The quantitative estimate of drug-likeness (QED) is 0.802. The lowest BCUT2D eigenvalue weighted by molar-refractivity contribution is 0.0697. The Bertz CT molecular complexity index is 664. The number of aromatic nitrogens is 4. The van der Waals surface area contributed by atoms with Crippen molar-refractivity contribution in [3.63, 3.8) is 0 Å². The minimum atomic E-state index is -0.124. The molecule has 20 heavy (non-hydrogen) atoms. The van der Waals surface area contributed by atoms with Gasteiger partial charge < -0.3 is 10.2 Å². The van der Waals surface area contributed by atoms with Crippen molar-refractivity contribution in [1.29, 1.82) is 0 Å². The number of hydrogen-bond donors (Lipinski definition) is 1. The molecule has 1 aliphatic rings. The lowest BCUT2D eigenvalue weighted by Crippen LogP contribution is -2.51. The Labute approximate surface area is 117 Å². The molecule has 1 fully saturated rings. The van der Waals surface area contributed by atoms with Crippen molar-refractivity contribution in [2.75, 3.05) is 19.6 Å². The summed E-state index contributed by atoms with van der Waals surface area (Å²) in [6.07, 6.45) is 0. The molecule has 1 atom stereocenters.